The molecule has 1 aliphatic heterocycles. The molecule has 3 aromatic heterocycles. The summed E-state index contributed by atoms with van der Waals surface area (Å²) in [6.07, 6.45) is 9.00. The number of carbonyl (C=O) groups excluding carboxylic acids is 1. The molecule has 6 heteroatoms. The maximum absolute atomic E-state index is 13.0. The van der Waals surface area contributed by atoms with Gasteiger partial charge in [0.15, 0.2) is 0 Å². The van der Waals surface area contributed by atoms with Gasteiger partial charge in [-0.1, -0.05) is 6.07 Å². The van der Waals surface area contributed by atoms with E-state index in [1.807, 2.05) is 37.2 Å². The van der Waals surface area contributed by atoms with Crippen LogP contribution in [0.15, 0.2) is 47.5 Å². The van der Waals surface area contributed by atoms with Gasteiger partial charge < -0.3 is 13.9 Å². The van der Waals surface area contributed by atoms with E-state index in [0.717, 1.165) is 36.5 Å². The van der Waals surface area contributed by atoms with Gasteiger partial charge in [-0.3, -0.25) is 9.78 Å². The highest BCUT2D eigenvalue weighted by Crippen LogP contribution is 2.33. The minimum absolute atomic E-state index is 0.0119. The molecule has 4 rings (SSSR count). The Kier molecular flexibility index (Phi) is 4.32. The number of pyridine rings is 1. The first-order valence-corrected chi connectivity index (χ1v) is 8.91. The van der Waals surface area contributed by atoms with E-state index in [-0.39, 0.29) is 11.9 Å². The van der Waals surface area contributed by atoms with Crippen LogP contribution in [0.25, 0.3) is 0 Å². The van der Waals surface area contributed by atoms with Gasteiger partial charge in [0, 0.05) is 30.8 Å². The number of aromatic nitrogens is 3. The van der Waals surface area contributed by atoms with Crippen molar-refractivity contribution in [1.29, 1.82) is 0 Å². The van der Waals surface area contributed by atoms with Crippen LogP contribution in [-0.2, 0) is 6.54 Å². The molecule has 0 aromatic carbocycles. The Bertz CT molecular complexity index is 913. The molecule has 1 unspecified atom stereocenters. The Balaban J connectivity index is 1.65. The predicted octanol–water partition coefficient (Wildman–Crippen LogP) is 3.51. The number of furan rings is 1. The highest BCUT2D eigenvalue weighted by Gasteiger charge is 2.34. The van der Waals surface area contributed by atoms with Gasteiger partial charge >= 0.3 is 0 Å². The Labute approximate surface area is 152 Å². The number of nitrogens with zero attached hydrogens (tertiary/aromatic N) is 4. The predicted molar refractivity (Wildman–Crippen MR) is 96.8 cm³/mol. The maximum Gasteiger partial charge on any atom is 0.258 e. The molecular weight excluding hydrogens is 328 g/mol. The van der Waals surface area contributed by atoms with Crippen molar-refractivity contribution in [3.05, 3.63) is 71.5 Å². The molecule has 4 heterocycles. The highest BCUT2D eigenvalue weighted by atomic mass is 16.3. The quantitative estimate of drug-likeness (QED) is 0.722. The first-order chi connectivity index (χ1) is 12.6. The van der Waals surface area contributed by atoms with E-state index >= 15 is 0 Å². The van der Waals surface area contributed by atoms with Crippen molar-refractivity contribution in [3.8, 4) is 0 Å². The highest BCUT2D eigenvalue weighted by molar-refractivity contribution is 5.95. The van der Waals surface area contributed by atoms with Crippen molar-refractivity contribution in [3.63, 3.8) is 0 Å². The number of amides is 1. The van der Waals surface area contributed by atoms with Gasteiger partial charge in [0.05, 0.1) is 24.4 Å². The Morgan fingerprint density at radius 1 is 1.31 bits per heavy atom. The first-order valence-electron chi connectivity index (χ1n) is 8.91. The number of carbonyl (C=O) groups is 1. The van der Waals surface area contributed by atoms with Gasteiger partial charge in [0.1, 0.15) is 11.6 Å². The summed E-state index contributed by atoms with van der Waals surface area (Å²) in [7, 11) is 0. The van der Waals surface area contributed by atoms with Crippen molar-refractivity contribution in [1.82, 2.24) is 19.4 Å². The third kappa shape index (κ3) is 2.92. The first kappa shape index (κ1) is 16.6. The lowest BCUT2D eigenvalue weighted by atomic mass is 10.1. The lowest BCUT2D eigenvalue weighted by Gasteiger charge is -2.25. The number of imidazole rings is 1. The van der Waals surface area contributed by atoms with Crippen LogP contribution < -0.4 is 0 Å². The molecule has 0 bridgehead atoms. The van der Waals surface area contributed by atoms with Crippen molar-refractivity contribution in [2.24, 2.45) is 0 Å². The van der Waals surface area contributed by atoms with Gasteiger partial charge in [-0.05, 0) is 44.4 Å². The van der Waals surface area contributed by atoms with Gasteiger partial charge in [-0.25, -0.2) is 4.98 Å². The zero-order valence-corrected chi connectivity index (χ0v) is 15.1. The molecule has 0 N–H and O–H groups in total. The second kappa shape index (κ2) is 6.78. The summed E-state index contributed by atoms with van der Waals surface area (Å²) < 4.78 is 7.51. The van der Waals surface area contributed by atoms with Crippen LogP contribution in [-0.4, -0.2) is 31.9 Å². The molecule has 0 spiro atoms. The largest absolute Gasteiger partial charge is 0.469 e. The fourth-order valence-corrected chi connectivity index (χ4v) is 3.67. The molecule has 134 valence electrons. The van der Waals surface area contributed by atoms with E-state index in [0.29, 0.717) is 17.9 Å². The second-order valence-electron chi connectivity index (χ2n) is 6.75. The van der Waals surface area contributed by atoms with Gasteiger partial charge in [0.2, 0.25) is 0 Å². The van der Waals surface area contributed by atoms with Gasteiger partial charge in [-0.2, -0.15) is 0 Å². The van der Waals surface area contributed by atoms with Crippen molar-refractivity contribution in [2.45, 2.75) is 39.3 Å². The molecule has 1 atom stereocenters. The Morgan fingerprint density at radius 2 is 2.19 bits per heavy atom. The zero-order valence-electron chi connectivity index (χ0n) is 15.1. The topological polar surface area (TPSA) is 64.2 Å². The minimum Gasteiger partial charge on any atom is -0.469 e. The molecule has 1 saturated heterocycles. The Morgan fingerprint density at radius 3 is 2.92 bits per heavy atom. The lowest BCUT2D eigenvalue weighted by Crippen LogP contribution is -2.32. The van der Waals surface area contributed by atoms with Crippen LogP contribution in [0, 0.1) is 13.8 Å². The SMILES string of the molecule is Cc1occc1C(=O)N1CCCC1c1ncc(C)n1Cc1cccnc1. The number of likely N-dealkylation sites (tertiary alicyclic amines) is 1. The third-order valence-corrected chi connectivity index (χ3v) is 5.05. The summed E-state index contributed by atoms with van der Waals surface area (Å²) in [5.41, 5.74) is 2.85. The summed E-state index contributed by atoms with van der Waals surface area (Å²) in [4.78, 5) is 23.8. The van der Waals surface area contributed by atoms with Crippen molar-refractivity contribution >= 4 is 5.91 Å². The standard InChI is InChI=1S/C20H22N4O2/c1-14-11-22-19(24(14)13-16-5-3-8-21-12-16)18-6-4-9-23(18)20(25)17-7-10-26-15(17)2/h3,5,7-8,10-12,18H,4,6,9,13H2,1-2H3. The van der Waals surface area contributed by atoms with Crippen LogP contribution >= 0.6 is 0 Å². The normalized spacial score (nSPS) is 17.0. The van der Waals surface area contributed by atoms with E-state index < -0.39 is 0 Å². The van der Waals surface area contributed by atoms with Crippen LogP contribution in [0.5, 0.6) is 0 Å². The number of aryl methyl sites for hydroxylation is 2. The van der Waals surface area contributed by atoms with E-state index in [1.165, 1.54) is 0 Å². The van der Waals surface area contributed by atoms with E-state index in [1.54, 1.807) is 18.5 Å². The van der Waals surface area contributed by atoms with Crippen molar-refractivity contribution in [2.75, 3.05) is 6.54 Å². The van der Waals surface area contributed by atoms with Crippen LogP contribution in [0.2, 0.25) is 0 Å². The molecule has 0 radical (unpaired) electrons. The molecule has 1 amide bonds. The number of hydrogen-bond donors (Lipinski definition) is 0. The van der Waals surface area contributed by atoms with Gasteiger partial charge in [-0.15, -0.1) is 0 Å². The monoisotopic (exact) mass is 350 g/mol. The second-order valence-corrected chi connectivity index (χ2v) is 6.75. The van der Waals surface area contributed by atoms with E-state index in [4.69, 9.17) is 4.42 Å². The average molecular weight is 350 g/mol. The maximum atomic E-state index is 13.0. The van der Waals surface area contributed by atoms with Crippen LogP contribution in [0.3, 0.4) is 0 Å². The molecule has 6 nitrogen and oxygen atoms in total. The van der Waals surface area contributed by atoms with Gasteiger partial charge in [0.25, 0.3) is 5.91 Å². The molecule has 26 heavy (non-hydrogen) atoms. The fraction of sp³-hybridized carbons (Fsp3) is 0.350. The zero-order chi connectivity index (χ0) is 18.1. The van der Waals surface area contributed by atoms with E-state index in [2.05, 4.69) is 20.6 Å². The average Bonchev–Trinajstić information content (AvgIpc) is 3.37. The molecule has 0 saturated carbocycles. The summed E-state index contributed by atoms with van der Waals surface area (Å²) in [6, 6.07) is 5.74. The minimum atomic E-state index is -0.0119. The Hall–Kier alpha value is -2.89. The molecule has 0 aliphatic carbocycles. The summed E-state index contributed by atoms with van der Waals surface area (Å²) in [5.74, 6) is 1.63. The number of rotatable bonds is 4. The van der Waals surface area contributed by atoms with Crippen molar-refractivity contribution < 1.29 is 9.21 Å². The fourth-order valence-electron chi connectivity index (χ4n) is 3.67. The summed E-state index contributed by atoms with van der Waals surface area (Å²) >= 11 is 0. The molecule has 1 fully saturated rings. The van der Waals surface area contributed by atoms with E-state index in [9.17, 15) is 4.79 Å². The molecule has 1 aliphatic rings. The lowest BCUT2D eigenvalue weighted by molar-refractivity contribution is 0.0726. The third-order valence-electron chi connectivity index (χ3n) is 5.05. The molecular formula is C20H22N4O2. The number of hydrogen-bond acceptors (Lipinski definition) is 4. The van der Waals surface area contributed by atoms with Crippen LogP contribution in [0.4, 0.5) is 0 Å². The summed E-state index contributed by atoms with van der Waals surface area (Å²) in [6.45, 7) is 5.32. The van der Waals surface area contributed by atoms with Crippen LogP contribution in [0.1, 0.15) is 52.1 Å². The smallest absolute Gasteiger partial charge is 0.258 e. The summed E-state index contributed by atoms with van der Waals surface area (Å²) in [5, 5.41) is 0. The molecule has 3 aromatic rings.